The van der Waals surface area contributed by atoms with Crippen LogP contribution in [0.5, 0.6) is 0 Å². The van der Waals surface area contributed by atoms with E-state index in [4.69, 9.17) is 11.6 Å². The highest BCUT2D eigenvalue weighted by Crippen LogP contribution is 2.57. The van der Waals surface area contributed by atoms with Crippen LogP contribution in [0.1, 0.15) is 73.4 Å². The van der Waals surface area contributed by atoms with Crippen molar-refractivity contribution in [3.05, 3.63) is 68.6 Å². The summed E-state index contributed by atoms with van der Waals surface area (Å²) in [5, 5.41) is 29.7. The SMILES string of the molecule is CC(C)n1nc([N+](=O)[O-])cc1C1(O)CC2CC(c3ncn(C)c3C(=O)Nc3ccc(F)c(Cl)c3)CC2C1. The molecule has 0 saturated heterocycles. The van der Waals surface area contributed by atoms with Crippen LogP contribution in [0.2, 0.25) is 5.02 Å². The minimum absolute atomic E-state index is 0.0302. The summed E-state index contributed by atoms with van der Waals surface area (Å²) >= 11 is 5.85. The van der Waals surface area contributed by atoms with E-state index in [1.807, 2.05) is 13.8 Å². The fourth-order valence-electron chi connectivity index (χ4n) is 6.10. The van der Waals surface area contributed by atoms with E-state index in [9.17, 15) is 24.4 Å². The van der Waals surface area contributed by atoms with Gasteiger partial charge in [0.2, 0.25) is 0 Å². The number of amides is 1. The van der Waals surface area contributed by atoms with Crippen molar-refractivity contribution in [3.8, 4) is 0 Å². The van der Waals surface area contributed by atoms with E-state index in [-0.39, 0.29) is 40.5 Å². The Morgan fingerprint density at radius 1 is 1.30 bits per heavy atom. The molecule has 10 nitrogen and oxygen atoms in total. The highest BCUT2D eigenvalue weighted by Gasteiger charge is 2.52. The van der Waals surface area contributed by atoms with Gasteiger partial charge in [0.1, 0.15) is 17.1 Å². The monoisotopic (exact) mass is 530 g/mol. The van der Waals surface area contributed by atoms with E-state index < -0.39 is 16.3 Å². The van der Waals surface area contributed by atoms with Gasteiger partial charge in [-0.05, 0) is 74.5 Å². The molecule has 5 rings (SSSR count). The number of imidazole rings is 1. The molecule has 37 heavy (non-hydrogen) atoms. The van der Waals surface area contributed by atoms with Crippen LogP contribution in [0.25, 0.3) is 0 Å². The Labute approximate surface area is 217 Å². The number of carbonyl (C=O) groups is 1. The summed E-state index contributed by atoms with van der Waals surface area (Å²) in [5.41, 5.74) is 0.782. The fraction of sp³-hybridized carbons (Fsp3) is 0.480. The molecule has 2 saturated carbocycles. The van der Waals surface area contributed by atoms with E-state index in [1.165, 1.54) is 24.3 Å². The van der Waals surface area contributed by atoms with E-state index >= 15 is 0 Å². The highest BCUT2D eigenvalue weighted by molar-refractivity contribution is 6.31. The van der Waals surface area contributed by atoms with Gasteiger partial charge in [-0.3, -0.25) is 4.79 Å². The molecule has 2 fully saturated rings. The Morgan fingerprint density at radius 2 is 1.97 bits per heavy atom. The first kappa shape index (κ1) is 25.3. The molecular weight excluding hydrogens is 503 g/mol. The van der Waals surface area contributed by atoms with Crippen LogP contribution in [0.3, 0.4) is 0 Å². The summed E-state index contributed by atoms with van der Waals surface area (Å²) in [6.45, 7) is 3.76. The lowest BCUT2D eigenvalue weighted by atomic mass is 9.90. The number of rotatable bonds is 6. The van der Waals surface area contributed by atoms with Crippen molar-refractivity contribution in [2.75, 3.05) is 5.32 Å². The second-order valence-electron chi connectivity index (χ2n) is 10.5. The number of benzene rings is 1. The quantitative estimate of drug-likeness (QED) is 0.343. The summed E-state index contributed by atoms with van der Waals surface area (Å²) < 4.78 is 16.7. The van der Waals surface area contributed by atoms with Gasteiger partial charge in [0.25, 0.3) is 5.91 Å². The maximum Gasteiger partial charge on any atom is 0.390 e. The van der Waals surface area contributed by atoms with Crippen LogP contribution in [-0.2, 0) is 12.6 Å². The van der Waals surface area contributed by atoms with Crippen molar-refractivity contribution in [1.82, 2.24) is 19.3 Å². The number of halogens is 2. The van der Waals surface area contributed by atoms with Gasteiger partial charge in [-0.1, -0.05) is 11.6 Å². The van der Waals surface area contributed by atoms with Gasteiger partial charge in [0.05, 0.1) is 39.9 Å². The molecule has 196 valence electrons. The van der Waals surface area contributed by atoms with Gasteiger partial charge < -0.3 is 25.1 Å². The van der Waals surface area contributed by atoms with Crippen molar-refractivity contribution in [2.45, 2.75) is 57.1 Å². The number of aliphatic hydroxyl groups is 1. The fourth-order valence-corrected chi connectivity index (χ4v) is 6.28. The standard InChI is InChI=1S/C25H28ClFN6O4/c1-13(2)32-20(9-21(30-32)33(36)37)25(35)10-15-6-14(7-16(15)11-25)22-23(31(3)12-28-22)24(34)29-17-4-5-19(27)18(26)8-17/h4-5,8-9,12-16,35H,6-7,10-11H2,1-3H3,(H,29,34). The third-order valence-corrected chi connectivity index (χ3v) is 7.95. The molecule has 2 heterocycles. The van der Waals surface area contributed by atoms with E-state index in [1.54, 1.807) is 22.6 Å². The molecule has 12 heteroatoms. The van der Waals surface area contributed by atoms with E-state index in [0.717, 1.165) is 12.8 Å². The number of aromatic nitrogens is 4. The number of fused-ring (bicyclic) bond motifs is 1. The van der Waals surface area contributed by atoms with Gasteiger partial charge in [0.15, 0.2) is 0 Å². The summed E-state index contributed by atoms with van der Waals surface area (Å²) in [6.07, 6.45) is 4.01. The second kappa shape index (κ2) is 9.21. The van der Waals surface area contributed by atoms with E-state index in [2.05, 4.69) is 15.4 Å². The zero-order valence-electron chi connectivity index (χ0n) is 20.7. The minimum atomic E-state index is -1.20. The topological polar surface area (TPSA) is 128 Å². The molecule has 2 unspecified atom stereocenters. The molecule has 0 aliphatic heterocycles. The average molecular weight is 531 g/mol. The number of hydrogen-bond donors (Lipinski definition) is 2. The lowest BCUT2D eigenvalue weighted by Crippen LogP contribution is -2.28. The first-order valence-corrected chi connectivity index (χ1v) is 12.6. The van der Waals surface area contributed by atoms with Crippen LogP contribution >= 0.6 is 11.6 Å². The van der Waals surface area contributed by atoms with Crippen LogP contribution in [0, 0.1) is 27.8 Å². The van der Waals surface area contributed by atoms with Gasteiger partial charge in [0, 0.05) is 18.7 Å². The van der Waals surface area contributed by atoms with Gasteiger partial charge in [-0.2, -0.15) is 4.68 Å². The Hall–Kier alpha value is -3.31. The van der Waals surface area contributed by atoms with Gasteiger partial charge in [-0.25, -0.2) is 9.37 Å². The first-order valence-electron chi connectivity index (χ1n) is 12.2. The molecule has 1 aromatic carbocycles. The van der Waals surface area contributed by atoms with Gasteiger partial charge >= 0.3 is 5.82 Å². The zero-order chi connectivity index (χ0) is 26.6. The predicted molar refractivity (Wildman–Crippen MR) is 134 cm³/mol. The maximum atomic E-state index is 13.5. The molecule has 1 amide bonds. The Kier molecular flexibility index (Phi) is 6.31. The van der Waals surface area contributed by atoms with Crippen LogP contribution in [-0.4, -0.2) is 35.3 Å². The summed E-state index contributed by atoms with van der Waals surface area (Å²) in [5.74, 6) is -0.804. The third-order valence-electron chi connectivity index (χ3n) is 7.66. The number of carbonyl (C=O) groups excluding carboxylic acids is 1. The lowest BCUT2D eigenvalue weighted by molar-refractivity contribution is -0.389. The average Bonchev–Trinajstić information content (AvgIpc) is 3.57. The molecule has 2 atom stereocenters. The molecule has 3 aromatic rings. The highest BCUT2D eigenvalue weighted by atomic mass is 35.5. The second-order valence-corrected chi connectivity index (χ2v) is 10.9. The largest absolute Gasteiger partial charge is 0.390 e. The molecule has 0 bridgehead atoms. The molecule has 2 aliphatic carbocycles. The van der Waals surface area contributed by atoms with Crippen molar-refractivity contribution < 1.29 is 19.2 Å². The normalized spacial score (nSPS) is 25.0. The minimum Gasteiger partial charge on any atom is -0.383 e. The molecular formula is C25H28ClFN6O4. The third kappa shape index (κ3) is 4.50. The molecule has 0 radical (unpaired) electrons. The van der Waals surface area contributed by atoms with Crippen molar-refractivity contribution in [2.24, 2.45) is 18.9 Å². The number of nitrogens with one attached hydrogen (secondary N) is 1. The number of nitro groups is 1. The molecule has 0 spiro atoms. The molecule has 2 N–H and O–H groups in total. The molecule has 2 aromatic heterocycles. The van der Waals surface area contributed by atoms with E-state index in [0.29, 0.717) is 35.6 Å². The number of anilines is 1. The zero-order valence-corrected chi connectivity index (χ0v) is 21.4. The summed E-state index contributed by atoms with van der Waals surface area (Å²) in [7, 11) is 1.75. The van der Waals surface area contributed by atoms with Crippen molar-refractivity contribution >= 4 is 29.0 Å². The number of aryl methyl sites for hydroxylation is 1. The lowest BCUT2D eigenvalue weighted by Gasteiger charge is -2.25. The number of hydrogen-bond acceptors (Lipinski definition) is 6. The summed E-state index contributed by atoms with van der Waals surface area (Å²) in [6, 6.07) is 5.26. The maximum absolute atomic E-state index is 13.5. The predicted octanol–water partition coefficient (Wildman–Crippen LogP) is 4.94. The number of nitrogens with zero attached hydrogens (tertiary/aromatic N) is 5. The summed E-state index contributed by atoms with van der Waals surface area (Å²) in [4.78, 5) is 28.5. The van der Waals surface area contributed by atoms with Crippen LogP contribution in [0.15, 0.2) is 30.6 Å². The van der Waals surface area contributed by atoms with Gasteiger partial charge in [-0.15, -0.1) is 0 Å². The molecule has 2 aliphatic rings. The Bertz CT molecular complexity index is 1370. The first-order chi connectivity index (χ1) is 17.5. The van der Waals surface area contributed by atoms with Crippen molar-refractivity contribution in [1.29, 1.82) is 0 Å². The van der Waals surface area contributed by atoms with Crippen LogP contribution in [0.4, 0.5) is 15.9 Å². The van der Waals surface area contributed by atoms with Crippen LogP contribution < -0.4 is 5.32 Å². The Balaban J connectivity index is 1.34. The van der Waals surface area contributed by atoms with Crippen molar-refractivity contribution in [3.63, 3.8) is 0 Å². The smallest absolute Gasteiger partial charge is 0.383 e. The Morgan fingerprint density at radius 3 is 2.57 bits per heavy atom.